The zero-order valence-corrected chi connectivity index (χ0v) is 9.76. The second-order valence-corrected chi connectivity index (χ2v) is 4.26. The van der Waals surface area contributed by atoms with E-state index in [2.05, 4.69) is 4.90 Å². The van der Waals surface area contributed by atoms with Gasteiger partial charge in [-0.25, -0.2) is 0 Å². The predicted molar refractivity (Wildman–Crippen MR) is 59.6 cm³/mol. The van der Waals surface area contributed by atoms with Crippen molar-refractivity contribution < 1.29 is 4.74 Å². The molecule has 0 aliphatic carbocycles. The van der Waals surface area contributed by atoms with Crippen LogP contribution < -0.4 is 5.73 Å². The van der Waals surface area contributed by atoms with Crippen LogP contribution in [0.2, 0.25) is 0 Å². The lowest BCUT2D eigenvalue weighted by Gasteiger charge is -2.34. The monoisotopic (exact) mass is 238 g/mol. The number of rotatable bonds is 3. The van der Waals surface area contributed by atoms with E-state index in [-0.39, 0.29) is 12.1 Å². The van der Waals surface area contributed by atoms with Gasteiger partial charge in [-0.05, 0) is 6.92 Å². The van der Waals surface area contributed by atoms with Crippen LogP contribution in [0.15, 0.2) is 10.6 Å². The summed E-state index contributed by atoms with van der Waals surface area (Å²) in [5.74, 6) is 0. The highest BCUT2D eigenvalue weighted by Crippen LogP contribution is 2.12. The normalized spacial score (nSPS) is 27.7. The maximum absolute atomic E-state index is 5.84. The van der Waals surface area contributed by atoms with Gasteiger partial charge < -0.3 is 10.5 Å². The van der Waals surface area contributed by atoms with Crippen molar-refractivity contribution in [3.05, 3.63) is 10.6 Å². The first-order chi connectivity index (χ1) is 6.63. The molecule has 1 aliphatic heterocycles. The second-order valence-electron chi connectivity index (χ2n) is 3.56. The van der Waals surface area contributed by atoms with Crippen LogP contribution in [0.3, 0.4) is 0 Å². The van der Waals surface area contributed by atoms with Crippen molar-refractivity contribution >= 4 is 23.2 Å². The van der Waals surface area contributed by atoms with Crippen LogP contribution in [0.25, 0.3) is 0 Å². The van der Waals surface area contributed by atoms with Gasteiger partial charge >= 0.3 is 0 Å². The first-order valence-electron chi connectivity index (χ1n) is 4.67. The van der Waals surface area contributed by atoms with Crippen LogP contribution in [0.4, 0.5) is 0 Å². The Morgan fingerprint density at radius 1 is 1.79 bits per heavy atom. The average Bonchev–Trinajstić information content (AvgIpc) is 2.18. The molecule has 2 unspecified atom stereocenters. The molecule has 2 N–H and O–H groups in total. The summed E-state index contributed by atoms with van der Waals surface area (Å²) in [6.45, 7) is 5.03. The molecule has 0 bridgehead atoms. The molecule has 0 aromatic carbocycles. The maximum atomic E-state index is 5.84. The summed E-state index contributed by atoms with van der Waals surface area (Å²) in [6.07, 6.45) is 0.101. The van der Waals surface area contributed by atoms with Crippen LogP contribution in [0.1, 0.15) is 6.92 Å². The Hall–Kier alpha value is 0.200. The maximum Gasteiger partial charge on any atom is 0.0850 e. The smallest absolute Gasteiger partial charge is 0.0850 e. The van der Waals surface area contributed by atoms with Crippen LogP contribution in [0.5, 0.6) is 0 Å². The number of hydrogen-bond acceptors (Lipinski definition) is 3. The van der Waals surface area contributed by atoms with Crippen molar-refractivity contribution in [1.29, 1.82) is 0 Å². The molecule has 3 nitrogen and oxygen atoms in total. The molecule has 1 heterocycles. The molecule has 14 heavy (non-hydrogen) atoms. The molecule has 0 aromatic heterocycles. The van der Waals surface area contributed by atoms with Crippen molar-refractivity contribution in [2.45, 2.75) is 19.1 Å². The van der Waals surface area contributed by atoms with Gasteiger partial charge in [-0.15, -0.1) is 0 Å². The fourth-order valence-electron chi connectivity index (χ4n) is 1.44. The van der Waals surface area contributed by atoms with E-state index in [9.17, 15) is 0 Å². The molecule has 0 radical (unpaired) electrons. The molecule has 1 fully saturated rings. The minimum absolute atomic E-state index is 0.0524. The van der Waals surface area contributed by atoms with Crippen molar-refractivity contribution in [2.75, 3.05) is 26.2 Å². The van der Waals surface area contributed by atoms with E-state index in [0.29, 0.717) is 18.2 Å². The molecule has 0 amide bonds. The van der Waals surface area contributed by atoms with E-state index in [1.54, 1.807) is 0 Å². The number of hydrogen-bond donors (Lipinski definition) is 1. The molecule has 0 saturated carbocycles. The second kappa shape index (κ2) is 5.93. The Morgan fingerprint density at radius 2 is 2.50 bits per heavy atom. The summed E-state index contributed by atoms with van der Waals surface area (Å²) in [4.78, 5) is 2.19. The van der Waals surface area contributed by atoms with Gasteiger partial charge in [0, 0.05) is 36.2 Å². The molecule has 0 spiro atoms. The Bertz CT molecular complexity index is 209. The summed E-state index contributed by atoms with van der Waals surface area (Å²) in [6, 6.07) is 0.0524. The van der Waals surface area contributed by atoms with Gasteiger partial charge in [0.2, 0.25) is 0 Å². The summed E-state index contributed by atoms with van der Waals surface area (Å²) >= 11 is 11.3. The largest absolute Gasteiger partial charge is 0.374 e. The average molecular weight is 239 g/mol. The zero-order chi connectivity index (χ0) is 10.6. The van der Waals surface area contributed by atoms with Crippen LogP contribution >= 0.6 is 23.2 Å². The Labute approximate surface area is 94.8 Å². The van der Waals surface area contributed by atoms with E-state index in [1.807, 2.05) is 6.92 Å². The molecule has 82 valence electrons. The zero-order valence-electron chi connectivity index (χ0n) is 8.25. The third-order valence-corrected chi connectivity index (χ3v) is 2.86. The quantitative estimate of drug-likeness (QED) is 0.808. The van der Waals surface area contributed by atoms with E-state index in [0.717, 1.165) is 13.1 Å². The highest BCUT2D eigenvalue weighted by Gasteiger charge is 2.23. The Kier molecular flexibility index (Phi) is 5.20. The first-order valence-corrected chi connectivity index (χ1v) is 5.49. The van der Waals surface area contributed by atoms with Crippen molar-refractivity contribution in [2.24, 2.45) is 5.73 Å². The van der Waals surface area contributed by atoms with Crippen LogP contribution in [-0.2, 0) is 4.74 Å². The third-order valence-electron chi connectivity index (χ3n) is 2.26. The lowest BCUT2D eigenvalue weighted by atomic mass is 10.1. The highest BCUT2D eigenvalue weighted by atomic mass is 35.5. The van der Waals surface area contributed by atoms with Gasteiger partial charge in [0.1, 0.15) is 0 Å². The molecule has 5 heteroatoms. The molecule has 1 aliphatic rings. The van der Waals surface area contributed by atoms with Crippen LogP contribution in [-0.4, -0.2) is 43.3 Å². The molecule has 2 atom stereocenters. The van der Waals surface area contributed by atoms with E-state index >= 15 is 0 Å². The van der Waals surface area contributed by atoms with E-state index < -0.39 is 0 Å². The standard InChI is InChI=1S/C9H16Cl2N2O/c1-7(12)9-6-13(2-3-14-9)5-8(11)4-10/h4,7,9H,2-3,5-6,12H2,1H3. The number of ether oxygens (including phenoxy) is 1. The lowest BCUT2D eigenvalue weighted by Crippen LogP contribution is -2.49. The van der Waals surface area contributed by atoms with Crippen molar-refractivity contribution in [3.8, 4) is 0 Å². The topological polar surface area (TPSA) is 38.5 Å². The fourth-order valence-corrected chi connectivity index (χ4v) is 1.68. The summed E-state index contributed by atoms with van der Waals surface area (Å²) in [7, 11) is 0. The summed E-state index contributed by atoms with van der Waals surface area (Å²) in [5, 5.41) is 0.650. The van der Waals surface area contributed by atoms with Crippen molar-refractivity contribution in [1.82, 2.24) is 4.90 Å². The molecule has 1 rings (SSSR count). The molecule has 1 saturated heterocycles. The summed E-state index contributed by atoms with van der Waals surface area (Å²) < 4.78 is 5.52. The lowest BCUT2D eigenvalue weighted by molar-refractivity contribution is -0.0342. The van der Waals surface area contributed by atoms with Gasteiger partial charge in [-0.3, -0.25) is 4.90 Å². The van der Waals surface area contributed by atoms with Gasteiger partial charge in [-0.2, -0.15) is 0 Å². The molecule has 0 aromatic rings. The van der Waals surface area contributed by atoms with E-state index in [1.165, 1.54) is 5.54 Å². The number of halogens is 2. The number of nitrogens with zero attached hydrogens (tertiary/aromatic N) is 1. The van der Waals surface area contributed by atoms with E-state index in [4.69, 9.17) is 33.7 Å². The Balaban J connectivity index is 2.40. The minimum Gasteiger partial charge on any atom is -0.374 e. The first kappa shape index (κ1) is 12.3. The Morgan fingerprint density at radius 3 is 3.07 bits per heavy atom. The van der Waals surface area contributed by atoms with Gasteiger partial charge in [0.05, 0.1) is 12.7 Å². The van der Waals surface area contributed by atoms with Crippen molar-refractivity contribution in [3.63, 3.8) is 0 Å². The predicted octanol–water partition coefficient (Wildman–Crippen LogP) is 1.35. The van der Waals surface area contributed by atoms with Crippen LogP contribution in [0, 0.1) is 0 Å². The van der Waals surface area contributed by atoms with Gasteiger partial charge in [0.15, 0.2) is 0 Å². The number of morpholine rings is 1. The fraction of sp³-hybridized carbons (Fsp3) is 0.778. The van der Waals surface area contributed by atoms with Gasteiger partial charge in [0.25, 0.3) is 0 Å². The highest BCUT2D eigenvalue weighted by molar-refractivity contribution is 6.36. The minimum atomic E-state index is 0.0524. The molecular weight excluding hydrogens is 223 g/mol. The molecular formula is C9H16Cl2N2O. The third kappa shape index (κ3) is 3.75. The van der Waals surface area contributed by atoms with Gasteiger partial charge in [-0.1, -0.05) is 23.2 Å². The summed E-state index contributed by atoms with van der Waals surface area (Å²) in [5.41, 5.74) is 7.17. The number of nitrogens with two attached hydrogens (primary N) is 1. The SMILES string of the molecule is CC(N)C1CN(CC(Cl)=CCl)CCO1.